The van der Waals surface area contributed by atoms with Crippen molar-refractivity contribution in [2.75, 3.05) is 7.11 Å². The number of hydrogen-bond donors (Lipinski definition) is 0. The average Bonchev–Trinajstić information content (AvgIpc) is 3.22. The van der Waals surface area contributed by atoms with E-state index in [9.17, 15) is 0 Å². The van der Waals surface area contributed by atoms with Crippen molar-refractivity contribution in [2.45, 2.75) is 18.8 Å². The number of halogens is 1. The predicted molar refractivity (Wildman–Crippen MR) is 71.0 cm³/mol. The SMILES string of the molecule is COc1ccc(-c2nc(Cl)cc(C3CC3)n2)cc1. The second kappa shape index (κ2) is 4.58. The zero-order chi connectivity index (χ0) is 12.5. The summed E-state index contributed by atoms with van der Waals surface area (Å²) in [7, 11) is 1.65. The second-order valence-corrected chi connectivity index (χ2v) is 4.83. The fraction of sp³-hybridized carbons (Fsp3) is 0.286. The van der Waals surface area contributed by atoms with Gasteiger partial charge in [-0.05, 0) is 43.2 Å². The van der Waals surface area contributed by atoms with Crippen molar-refractivity contribution in [1.29, 1.82) is 0 Å². The highest BCUT2D eigenvalue weighted by atomic mass is 35.5. The van der Waals surface area contributed by atoms with Crippen molar-refractivity contribution in [2.24, 2.45) is 0 Å². The minimum absolute atomic E-state index is 0.512. The van der Waals surface area contributed by atoms with Gasteiger partial charge in [-0.25, -0.2) is 9.97 Å². The van der Waals surface area contributed by atoms with Crippen LogP contribution in [0.2, 0.25) is 5.15 Å². The highest BCUT2D eigenvalue weighted by Gasteiger charge is 2.26. The molecule has 1 aromatic carbocycles. The van der Waals surface area contributed by atoms with E-state index in [2.05, 4.69) is 9.97 Å². The largest absolute Gasteiger partial charge is 0.497 e. The Morgan fingerprint density at radius 1 is 1.17 bits per heavy atom. The molecule has 0 amide bonds. The Hall–Kier alpha value is -1.61. The van der Waals surface area contributed by atoms with Crippen molar-refractivity contribution in [1.82, 2.24) is 9.97 Å². The van der Waals surface area contributed by atoms with E-state index in [1.807, 2.05) is 30.3 Å². The van der Waals surface area contributed by atoms with Gasteiger partial charge in [0.2, 0.25) is 0 Å². The number of aromatic nitrogens is 2. The Bertz CT molecular complexity index is 565. The summed E-state index contributed by atoms with van der Waals surface area (Å²) in [5, 5.41) is 0.512. The van der Waals surface area contributed by atoms with E-state index >= 15 is 0 Å². The monoisotopic (exact) mass is 260 g/mol. The average molecular weight is 261 g/mol. The van der Waals surface area contributed by atoms with Crippen LogP contribution in [0, 0.1) is 0 Å². The third kappa shape index (κ3) is 2.31. The Labute approximate surface area is 111 Å². The van der Waals surface area contributed by atoms with E-state index in [1.54, 1.807) is 7.11 Å². The Balaban J connectivity index is 1.98. The van der Waals surface area contributed by atoms with E-state index in [4.69, 9.17) is 16.3 Å². The summed E-state index contributed by atoms with van der Waals surface area (Å²) < 4.78 is 5.13. The number of methoxy groups -OCH3 is 1. The first-order chi connectivity index (χ1) is 8.76. The molecule has 1 aliphatic rings. The summed E-state index contributed by atoms with van der Waals surface area (Å²) >= 11 is 6.05. The van der Waals surface area contributed by atoms with Crippen LogP contribution >= 0.6 is 11.6 Å². The number of nitrogens with zero attached hydrogens (tertiary/aromatic N) is 2. The minimum atomic E-state index is 0.512. The Morgan fingerprint density at radius 3 is 2.50 bits per heavy atom. The van der Waals surface area contributed by atoms with Gasteiger partial charge in [-0.2, -0.15) is 0 Å². The molecule has 3 rings (SSSR count). The Morgan fingerprint density at radius 2 is 1.89 bits per heavy atom. The fourth-order valence-corrected chi connectivity index (χ4v) is 2.08. The standard InChI is InChI=1S/C14H13ClN2O/c1-18-11-6-4-10(5-7-11)14-16-12(9-2-3-9)8-13(15)17-14/h4-9H,2-3H2,1H3. The van der Waals surface area contributed by atoms with Crippen LogP contribution in [0.25, 0.3) is 11.4 Å². The van der Waals surface area contributed by atoms with Crippen LogP contribution in [0.1, 0.15) is 24.5 Å². The van der Waals surface area contributed by atoms with E-state index in [1.165, 1.54) is 12.8 Å². The van der Waals surface area contributed by atoms with Gasteiger partial charge in [0.05, 0.1) is 7.11 Å². The molecule has 0 saturated heterocycles. The fourth-order valence-electron chi connectivity index (χ4n) is 1.89. The molecule has 1 heterocycles. The van der Waals surface area contributed by atoms with E-state index < -0.39 is 0 Å². The van der Waals surface area contributed by atoms with Crippen LogP contribution in [0.5, 0.6) is 5.75 Å². The molecule has 0 N–H and O–H groups in total. The lowest BCUT2D eigenvalue weighted by atomic mass is 10.2. The van der Waals surface area contributed by atoms with Crippen LogP contribution in [0.4, 0.5) is 0 Å². The normalized spacial score (nSPS) is 14.6. The van der Waals surface area contributed by atoms with Crippen molar-refractivity contribution in [3.8, 4) is 17.1 Å². The molecule has 1 fully saturated rings. The quantitative estimate of drug-likeness (QED) is 0.790. The van der Waals surface area contributed by atoms with Crippen molar-refractivity contribution in [3.63, 3.8) is 0 Å². The molecule has 1 aliphatic carbocycles. The molecule has 0 bridgehead atoms. The summed E-state index contributed by atoms with van der Waals surface area (Å²) in [6.45, 7) is 0. The van der Waals surface area contributed by atoms with Gasteiger partial charge in [0.25, 0.3) is 0 Å². The van der Waals surface area contributed by atoms with Crippen LogP contribution in [-0.2, 0) is 0 Å². The van der Waals surface area contributed by atoms with Crippen molar-refractivity contribution in [3.05, 3.63) is 41.2 Å². The molecule has 0 spiro atoms. The number of benzene rings is 1. The van der Waals surface area contributed by atoms with Gasteiger partial charge >= 0.3 is 0 Å². The molecule has 1 aromatic heterocycles. The van der Waals surface area contributed by atoms with Crippen LogP contribution in [-0.4, -0.2) is 17.1 Å². The van der Waals surface area contributed by atoms with Crippen LogP contribution in [0.15, 0.2) is 30.3 Å². The third-order valence-corrected chi connectivity index (χ3v) is 3.25. The maximum absolute atomic E-state index is 6.05. The summed E-state index contributed by atoms with van der Waals surface area (Å²) in [5.41, 5.74) is 2.01. The molecule has 1 saturated carbocycles. The highest BCUT2D eigenvalue weighted by molar-refractivity contribution is 6.29. The lowest BCUT2D eigenvalue weighted by Gasteiger charge is -2.05. The molecule has 3 nitrogen and oxygen atoms in total. The first-order valence-corrected chi connectivity index (χ1v) is 6.33. The first-order valence-electron chi connectivity index (χ1n) is 5.95. The lowest BCUT2D eigenvalue weighted by molar-refractivity contribution is 0.415. The molecule has 18 heavy (non-hydrogen) atoms. The molecule has 0 unspecified atom stereocenters. The molecular formula is C14H13ClN2O. The van der Waals surface area contributed by atoms with Gasteiger partial charge in [0, 0.05) is 17.2 Å². The van der Waals surface area contributed by atoms with E-state index in [0.29, 0.717) is 16.9 Å². The topological polar surface area (TPSA) is 35.0 Å². The maximum Gasteiger partial charge on any atom is 0.161 e. The number of ether oxygens (including phenoxy) is 1. The third-order valence-electron chi connectivity index (χ3n) is 3.06. The summed E-state index contributed by atoms with van der Waals surface area (Å²) in [4.78, 5) is 8.87. The molecular weight excluding hydrogens is 248 g/mol. The van der Waals surface area contributed by atoms with Gasteiger partial charge < -0.3 is 4.74 Å². The number of rotatable bonds is 3. The molecule has 0 radical (unpaired) electrons. The zero-order valence-corrected chi connectivity index (χ0v) is 10.8. The smallest absolute Gasteiger partial charge is 0.161 e. The van der Waals surface area contributed by atoms with Gasteiger partial charge in [-0.15, -0.1) is 0 Å². The van der Waals surface area contributed by atoms with Gasteiger partial charge in [-0.1, -0.05) is 11.6 Å². The summed E-state index contributed by atoms with van der Waals surface area (Å²) in [5.74, 6) is 2.08. The lowest BCUT2D eigenvalue weighted by Crippen LogP contribution is -1.95. The predicted octanol–water partition coefficient (Wildman–Crippen LogP) is 3.68. The van der Waals surface area contributed by atoms with Crippen LogP contribution in [0.3, 0.4) is 0 Å². The Kier molecular flexibility index (Phi) is 2.92. The zero-order valence-electron chi connectivity index (χ0n) is 10.1. The van der Waals surface area contributed by atoms with E-state index in [0.717, 1.165) is 17.0 Å². The van der Waals surface area contributed by atoms with E-state index in [-0.39, 0.29) is 0 Å². The molecule has 4 heteroatoms. The molecule has 2 aromatic rings. The second-order valence-electron chi connectivity index (χ2n) is 4.44. The highest BCUT2D eigenvalue weighted by Crippen LogP contribution is 2.40. The number of hydrogen-bond acceptors (Lipinski definition) is 3. The summed E-state index contributed by atoms with van der Waals surface area (Å²) in [6, 6.07) is 9.56. The molecule has 0 atom stereocenters. The van der Waals surface area contributed by atoms with Crippen molar-refractivity contribution < 1.29 is 4.74 Å². The molecule has 92 valence electrons. The first kappa shape index (κ1) is 11.5. The maximum atomic E-state index is 6.05. The van der Waals surface area contributed by atoms with Gasteiger partial charge in [0.1, 0.15) is 10.9 Å². The van der Waals surface area contributed by atoms with Gasteiger partial charge in [0.15, 0.2) is 5.82 Å². The summed E-state index contributed by atoms with van der Waals surface area (Å²) in [6.07, 6.45) is 2.41. The van der Waals surface area contributed by atoms with Gasteiger partial charge in [-0.3, -0.25) is 0 Å². The van der Waals surface area contributed by atoms with Crippen LogP contribution < -0.4 is 4.74 Å². The molecule has 0 aliphatic heterocycles. The van der Waals surface area contributed by atoms with Crippen molar-refractivity contribution >= 4 is 11.6 Å². The minimum Gasteiger partial charge on any atom is -0.497 e.